The molecule has 10 heteroatoms. The highest BCUT2D eigenvalue weighted by Gasteiger charge is 2.16. The summed E-state index contributed by atoms with van der Waals surface area (Å²) < 4.78 is 4.61. The number of hydrogen-bond acceptors (Lipinski definition) is 8. The smallest absolute Gasteiger partial charge is 0.370 e. The Hall–Kier alpha value is -3.43. The van der Waals surface area contributed by atoms with Crippen LogP contribution in [0.1, 0.15) is 29.3 Å². The molecule has 5 heterocycles. The molecule has 34 heavy (non-hydrogen) atoms. The number of nitrogens with zero attached hydrogens (tertiary/aromatic N) is 5. The van der Waals surface area contributed by atoms with Crippen LogP contribution in [0.2, 0.25) is 0 Å². The molecule has 5 rings (SSSR count). The molecule has 0 saturated carbocycles. The summed E-state index contributed by atoms with van der Waals surface area (Å²) in [6, 6.07) is 20.1. The van der Waals surface area contributed by atoms with E-state index < -0.39 is 0 Å². The Morgan fingerprint density at radius 3 is 1.50 bits per heavy atom. The quantitative estimate of drug-likeness (QED) is 0.204. The lowest BCUT2D eigenvalue weighted by molar-refractivity contribution is 1.40. The summed E-state index contributed by atoms with van der Waals surface area (Å²) in [5.41, 5.74) is 3.40. The number of aromatic nitrogens is 1. The lowest BCUT2D eigenvalue weighted by atomic mass is 10.2. The standard InChI is InChI=1S/C24H8N5S4.Al.2H/c25-9-13(21-3-1-15(11-27)30-21)5-17-7-19-23(32-17)24-20(29-19)8-18(33-24)6-14(10-26)22-4-2-16(12-28)31-22;;;/h1-8H;;;/q-1;+1;;/b13-5+,14-6+;;;. The second kappa shape index (κ2) is 9.08. The predicted molar refractivity (Wildman–Crippen MR) is 144 cm³/mol. The van der Waals surface area contributed by atoms with Crippen LogP contribution in [0.5, 0.6) is 0 Å². The fraction of sp³-hybridized carbons (Fsp3) is 0. The minimum Gasteiger partial charge on any atom is -0.439 e. The van der Waals surface area contributed by atoms with Gasteiger partial charge in [0.1, 0.15) is 34.0 Å². The lowest BCUT2D eigenvalue weighted by Crippen LogP contribution is -1.87. The summed E-state index contributed by atoms with van der Waals surface area (Å²) in [6.07, 6.45) is 3.77. The zero-order chi connectivity index (χ0) is 23.8. The first-order valence-corrected chi connectivity index (χ1v) is 14.0. The van der Waals surface area contributed by atoms with Crippen molar-refractivity contribution < 1.29 is 0 Å². The van der Waals surface area contributed by atoms with Gasteiger partial charge in [0.05, 0.1) is 20.5 Å². The maximum atomic E-state index is 9.66. The van der Waals surface area contributed by atoms with Crippen LogP contribution in [0, 0.1) is 45.3 Å². The van der Waals surface area contributed by atoms with Gasteiger partial charge < -0.3 is 3.55 Å². The van der Waals surface area contributed by atoms with Gasteiger partial charge in [0.2, 0.25) is 0 Å². The molecule has 0 bridgehead atoms. The summed E-state index contributed by atoms with van der Waals surface area (Å²) in [6.45, 7) is 0. The van der Waals surface area contributed by atoms with Crippen LogP contribution in [-0.4, -0.2) is 20.1 Å². The fourth-order valence-corrected chi connectivity index (χ4v) is 8.56. The van der Waals surface area contributed by atoms with E-state index in [1.807, 2.05) is 24.3 Å². The molecule has 0 saturated heterocycles. The molecule has 0 N–H and O–H groups in total. The fourth-order valence-electron chi connectivity index (χ4n) is 3.58. The molecule has 0 aromatic carbocycles. The van der Waals surface area contributed by atoms with E-state index in [0.717, 1.165) is 47.1 Å². The summed E-state index contributed by atoms with van der Waals surface area (Å²) in [5.74, 6) is 0. The maximum Gasteiger partial charge on any atom is 0.370 e. The molecule has 5 nitrogen and oxygen atoms in total. The average Bonchev–Trinajstić information content (AvgIpc) is 3.66. The highest BCUT2D eigenvalue weighted by molar-refractivity contribution is 7.28. The monoisotopic (exact) mass is 523 g/mol. The van der Waals surface area contributed by atoms with Crippen molar-refractivity contribution in [3.05, 3.63) is 65.7 Å². The van der Waals surface area contributed by atoms with Gasteiger partial charge >= 0.3 is 16.5 Å². The molecule has 0 aliphatic carbocycles. The summed E-state index contributed by atoms with van der Waals surface area (Å²) in [7, 11) is 0. The minimum atomic E-state index is 0.549. The molecule has 5 aromatic rings. The van der Waals surface area contributed by atoms with E-state index in [4.69, 9.17) is 10.5 Å². The Balaban J connectivity index is 1.56. The second-order valence-corrected chi connectivity index (χ2v) is 12.4. The normalized spacial score (nSPS) is 11.9. The summed E-state index contributed by atoms with van der Waals surface area (Å²) in [5, 5.41) is 37.5. The molecule has 0 aliphatic heterocycles. The van der Waals surface area contributed by atoms with E-state index in [9.17, 15) is 10.5 Å². The SMILES string of the molecule is N#C/C(=C\c1cc2c(s1)c1sc(/C=C(\C#N)c3ccc(C#N)s3)cc1[n]2[AlH2])c1ccc(C#N)s1. The molecular weight excluding hydrogens is 514 g/mol. The van der Waals surface area contributed by atoms with Crippen molar-refractivity contribution >= 4 is 106 Å². The molecule has 0 radical (unpaired) electrons. The van der Waals surface area contributed by atoms with Crippen LogP contribution in [0.25, 0.3) is 43.7 Å². The Labute approximate surface area is 218 Å². The first kappa shape index (κ1) is 22.4. The van der Waals surface area contributed by atoms with E-state index in [2.05, 4.69) is 40.0 Å². The second-order valence-electron chi connectivity index (χ2n) is 7.18. The van der Waals surface area contributed by atoms with Gasteiger partial charge in [0, 0.05) is 30.5 Å². The molecule has 0 unspecified atom stereocenters. The van der Waals surface area contributed by atoms with Crippen molar-refractivity contribution in [2.24, 2.45) is 0 Å². The van der Waals surface area contributed by atoms with E-state index >= 15 is 0 Å². The topological polar surface area (TPSA) is 100 Å². The Bertz CT molecular complexity index is 1690. The van der Waals surface area contributed by atoms with Gasteiger partial charge in [0.25, 0.3) is 0 Å². The van der Waals surface area contributed by atoms with Gasteiger partial charge in [0.15, 0.2) is 0 Å². The Kier molecular flexibility index (Phi) is 5.97. The molecule has 158 valence electrons. The minimum absolute atomic E-state index is 0.549. The highest BCUT2D eigenvalue weighted by Crippen LogP contribution is 2.41. The third kappa shape index (κ3) is 3.91. The third-order valence-electron chi connectivity index (χ3n) is 5.17. The van der Waals surface area contributed by atoms with Crippen molar-refractivity contribution in [1.82, 2.24) is 3.55 Å². The van der Waals surface area contributed by atoms with Crippen LogP contribution in [0.4, 0.5) is 0 Å². The molecule has 0 fully saturated rings. The van der Waals surface area contributed by atoms with Crippen molar-refractivity contribution in [2.75, 3.05) is 0 Å². The van der Waals surface area contributed by atoms with Crippen LogP contribution >= 0.6 is 45.3 Å². The van der Waals surface area contributed by atoms with Crippen molar-refractivity contribution in [1.29, 1.82) is 21.0 Å². The van der Waals surface area contributed by atoms with Crippen LogP contribution in [-0.2, 0) is 0 Å². The van der Waals surface area contributed by atoms with Crippen molar-refractivity contribution in [3.8, 4) is 24.3 Å². The van der Waals surface area contributed by atoms with Gasteiger partial charge in [-0.1, -0.05) is 0 Å². The number of nitriles is 4. The first-order valence-electron chi connectivity index (χ1n) is 9.80. The molecule has 0 atom stereocenters. The number of thiophene rings is 4. The molecule has 0 aliphatic rings. The Morgan fingerprint density at radius 1 is 0.706 bits per heavy atom. The van der Waals surface area contributed by atoms with Crippen LogP contribution < -0.4 is 0 Å². The van der Waals surface area contributed by atoms with Gasteiger partial charge in [-0.15, -0.1) is 45.3 Å². The van der Waals surface area contributed by atoms with Gasteiger partial charge in [-0.2, -0.15) is 21.0 Å². The number of hydrogen-bond donors (Lipinski definition) is 0. The Morgan fingerprint density at radius 2 is 1.15 bits per heavy atom. The van der Waals surface area contributed by atoms with Gasteiger partial charge in [-0.05, 0) is 48.6 Å². The average molecular weight is 524 g/mol. The van der Waals surface area contributed by atoms with Crippen molar-refractivity contribution in [2.45, 2.75) is 0 Å². The summed E-state index contributed by atoms with van der Waals surface area (Å²) in [4.78, 5) is 4.73. The molecule has 0 spiro atoms. The van der Waals surface area contributed by atoms with E-state index in [1.165, 1.54) is 32.1 Å². The van der Waals surface area contributed by atoms with E-state index in [1.54, 1.807) is 34.8 Å². The van der Waals surface area contributed by atoms with Crippen LogP contribution in [0.3, 0.4) is 0 Å². The van der Waals surface area contributed by atoms with Crippen molar-refractivity contribution in [3.63, 3.8) is 0 Å². The largest absolute Gasteiger partial charge is 0.439 e. The lowest BCUT2D eigenvalue weighted by Gasteiger charge is -1.95. The van der Waals surface area contributed by atoms with Crippen LogP contribution in [0.15, 0.2) is 36.4 Å². The van der Waals surface area contributed by atoms with E-state index in [0.29, 0.717) is 20.9 Å². The predicted octanol–water partition coefficient (Wildman–Crippen LogP) is 6.31. The molecular formula is C24H10AlN5S4. The van der Waals surface area contributed by atoms with Gasteiger partial charge in [-0.3, -0.25) is 0 Å². The van der Waals surface area contributed by atoms with Gasteiger partial charge in [-0.25, -0.2) is 0 Å². The zero-order valence-electron chi connectivity index (χ0n) is 17.5. The zero-order valence-corrected chi connectivity index (χ0v) is 22.8. The summed E-state index contributed by atoms with van der Waals surface area (Å²) >= 11 is 6.72. The van der Waals surface area contributed by atoms with E-state index in [-0.39, 0.29) is 0 Å². The maximum absolute atomic E-state index is 9.66. The third-order valence-corrected chi connectivity index (χ3v) is 10.5. The number of allylic oxidation sites excluding steroid dienone is 2. The first-order chi connectivity index (χ1) is 16.5. The highest BCUT2D eigenvalue weighted by atomic mass is 32.1. The number of fused-ring (bicyclic) bond motifs is 3. The molecule has 0 amide bonds. The molecule has 5 aromatic heterocycles. The number of rotatable bonds is 4.